The highest BCUT2D eigenvalue weighted by Crippen LogP contribution is 2.28. The zero-order valence-electron chi connectivity index (χ0n) is 15.6. The number of carbonyl (C=O) groups excluding carboxylic acids is 1. The summed E-state index contributed by atoms with van der Waals surface area (Å²) in [5.74, 6) is -0.426. The lowest BCUT2D eigenvalue weighted by Gasteiger charge is -2.44. The number of carbonyl (C=O) groups is 1. The summed E-state index contributed by atoms with van der Waals surface area (Å²) in [7, 11) is -1.20. The Bertz CT molecular complexity index is 814. The van der Waals surface area contributed by atoms with Crippen LogP contribution in [0.25, 0.3) is 10.4 Å². The van der Waals surface area contributed by atoms with Crippen LogP contribution in [-0.4, -0.2) is 72.0 Å². The molecule has 1 aliphatic rings. The van der Waals surface area contributed by atoms with E-state index in [4.69, 9.17) is 23.9 Å². The van der Waals surface area contributed by atoms with Gasteiger partial charge in [0.25, 0.3) is 16.0 Å². The number of hydrogen-bond donors (Lipinski definition) is 1. The molecule has 0 spiro atoms. The van der Waals surface area contributed by atoms with E-state index in [2.05, 4.69) is 15.3 Å². The number of ether oxygens (including phenoxy) is 3. The lowest BCUT2D eigenvalue weighted by molar-refractivity contribution is -0.251. The molecular weight excluding hydrogens is 392 g/mol. The Kier molecular flexibility index (Phi) is 7.75. The van der Waals surface area contributed by atoms with Gasteiger partial charge in [-0.05, 0) is 17.7 Å². The van der Waals surface area contributed by atoms with Crippen LogP contribution in [0.15, 0.2) is 35.4 Å². The first-order valence-corrected chi connectivity index (χ1v) is 10.1. The molecule has 1 aromatic carbocycles. The van der Waals surface area contributed by atoms with Crippen molar-refractivity contribution < 1.29 is 31.6 Å². The van der Waals surface area contributed by atoms with Crippen molar-refractivity contribution in [3.63, 3.8) is 0 Å². The van der Waals surface area contributed by atoms with Crippen molar-refractivity contribution in [1.29, 1.82) is 0 Å². The van der Waals surface area contributed by atoms with E-state index in [0.717, 1.165) is 6.26 Å². The van der Waals surface area contributed by atoms with Crippen molar-refractivity contribution >= 4 is 16.0 Å². The second-order valence-corrected chi connectivity index (χ2v) is 7.62. The molecule has 1 aromatic rings. The second kappa shape index (κ2) is 9.82. The minimum absolute atomic E-state index is 0.213. The van der Waals surface area contributed by atoms with Crippen LogP contribution in [0.4, 0.5) is 0 Å². The van der Waals surface area contributed by atoms with Crippen LogP contribution in [0.3, 0.4) is 0 Å². The summed E-state index contributed by atoms with van der Waals surface area (Å²) in [4.78, 5) is 15.2. The van der Waals surface area contributed by atoms with Crippen molar-refractivity contribution in [3.05, 3.63) is 46.3 Å². The molecule has 0 radical (unpaired) electrons. The minimum atomic E-state index is -3.90. The first kappa shape index (κ1) is 22.1. The van der Waals surface area contributed by atoms with Gasteiger partial charge in [0.05, 0.1) is 18.9 Å². The fourth-order valence-corrected chi connectivity index (χ4v) is 3.58. The molecule has 12 heteroatoms. The number of benzene rings is 1. The summed E-state index contributed by atoms with van der Waals surface area (Å²) < 4.78 is 45.0. The van der Waals surface area contributed by atoms with Gasteiger partial charge in [0, 0.05) is 24.7 Å². The summed E-state index contributed by atoms with van der Waals surface area (Å²) in [6.07, 6.45) is -3.20. The van der Waals surface area contributed by atoms with E-state index in [-0.39, 0.29) is 6.54 Å². The van der Waals surface area contributed by atoms with Gasteiger partial charge in [0.15, 0.2) is 6.29 Å². The van der Waals surface area contributed by atoms with Crippen LogP contribution in [0.5, 0.6) is 0 Å². The molecule has 1 amide bonds. The summed E-state index contributed by atoms with van der Waals surface area (Å²) in [6.45, 7) is -0.213. The van der Waals surface area contributed by atoms with E-state index in [1.165, 1.54) is 14.2 Å². The number of nitrogens with zero attached hydrogens (tertiary/aromatic N) is 3. The fraction of sp³-hybridized carbons (Fsp3) is 0.562. The molecule has 28 heavy (non-hydrogen) atoms. The summed E-state index contributed by atoms with van der Waals surface area (Å²) in [6, 6.07) is 7.54. The van der Waals surface area contributed by atoms with Gasteiger partial charge < -0.3 is 19.5 Å². The van der Waals surface area contributed by atoms with E-state index < -0.39 is 46.7 Å². The van der Waals surface area contributed by atoms with Gasteiger partial charge in [-0.25, -0.2) is 0 Å². The van der Waals surface area contributed by atoms with Crippen molar-refractivity contribution in [1.82, 2.24) is 5.32 Å². The highest BCUT2D eigenvalue weighted by molar-refractivity contribution is 7.86. The van der Waals surface area contributed by atoms with Gasteiger partial charge in [-0.15, -0.1) is 0 Å². The Morgan fingerprint density at radius 3 is 2.46 bits per heavy atom. The molecule has 5 atom stereocenters. The predicted octanol–water partition coefficient (Wildman–Crippen LogP) is 0.826. The van der Waals surface area contributed by atoms with Crippen LogP contribution >= 0.6 is 0 Å². The first-order valence-electron chi connectivity index (χ1n) is 8.26. The molecule has 1 saturated heterocycles. The molecule has 0 aliphatic carbocycles. The average Bonchev–Trinajstić information content (AvgIpc) is 2.67. The lowest BCUT2D eigenvalue weighted by atomic mass is 9.96. The molecule has 0 bridgehead atoms. The number of azide groups is 1. The number of hydrogen-bond acceptors (Lipinski definition) is 8. The molecule has 1 N–H and O–H groups in total. The normalized spacial score (nSPS) is 27.6. The van der Waals surface area contributed by atoms with Gasteiger partial charge in [-0.2, -0.15) is 8.42 Å². The Morgan fingerprint density at radius 1 is 1.25 bits per heavy atom. The zero-order chi connectivity index (χ0) is 20.7. The number of rotatable bonds is 8. The van der Waals surface area contributed by atoms with Gasteiger partial charge in [0.1, 0.15) is 18.2 Å². The van der Waals surface area contributed by atoms with Gasteiger partial charge in [-0.3, -0.25) is 8.98 Å². The monoisotopic (exact) mass is 414 g/mol. The Labute approximate surface area is 162 Å². The number of amides is 1. The Hall–Kier alpha value is -2.21. The van der Waals surface area contributed by atoms with Crippen LogP contribution < -0.4 is 5.32 Å². The van der Waals surface area contributed by atoms with Crippen LogP contribution in [0, 0.1) is 0 Å². The summed E-state index contributed by atoms with van der Waals surface area (Å²) in [5, 5.41) is 6.17. The average molecular weight is 414 g/mol. The maximum absolute atomic E-state index is 12.6. The predicted molar refractivity (Wildman–Crippen MR) is 97.9 cm³/mol. The third-order valence-corrected chi connectivity index (χ3v) is 4.67. The molecule has 154 valence electrons. The van der Waals surface area contributed by atoms with Crippen LogP contribution in [-0.2, 0) is 28.5 Å². The fourth-order valence-electron chi connectivity index (χ4n) is 2.94. The van der Waals surface area contributed by atoms with Crippen molar-refractivity contribution in [3.8, 4) is 0 Å². The molecule has 11 nitrogen and oxygen atoms in total. The first-order chi connectivity index (χ1) is 13.3. The quantitative estimate of drug-likeness (QED) is 0.286. The molecule has 0 saturated carbocycles. The van der Waals surface area contributed by atoms with Crippen LogP contribution in [0.1, 0.15) is 10.4 Å². The molecular formula is C16H22N4O7S. The molecule has 1 heterocycles. The standard InChI is InChI=1S/C16H22N4O7S/c1-24-14-12(19-15(21)10-7-5-4-6-8-10)16(25-2)26-11(9-18-20-17)13(14)27-28(3,22)23/h4-8,11-14,16H,9H2,1-3H3,(H,19,21)/t11-,12+,13-,14-,16-/m0/s1. The molecule has 1 aliphatic heterocycles. The van der Waals surface area contributed by atoms with E-state index in [0.29, 0.717) is 5.56 Å². The maximum Gasteiger partial charge on any atom is 0.264 e. The second-order valence-electron chi connectivity index (χ2n) is 6.02. The van der Waals surface area contributed by atoms with Gasteiger partial charge in [-0.1, -0.05) is 23.3 Å². The molecule has 0 unspecified atom stereocenters. The third-order valence-electron chi connectivity index (χ3n) is 4.10. The smallest absolute Gasteiger partial charge is 0.264 e. The SMILES string of the molecule is CO[C@H]1O[C@@H](CN=[N+]=[N-])[C@H](OS(C)(=O)=O)[C@@H](OC)[C@H]1NC(=O)c1ccccc1. The topological polar surface area (TPSA) is 149 Å². The Morgan fingerprint density at radius 2 is 1.93 bits per heavy atom. The van der Waals surface area contributed by atoms with Gasteiger partial charge >= 0.3 is 0 Å². The van der Waals surface area contributed by atoms with Crippen molar-refractivity contribution in [2.24, 2.45) is 5.11 Å². The zero-order valence-corrected chi connectivity index (χ0v) is 16.4. The van der Waals surface area contributed by atoms with E-state index in [9.17, 15) is 13.2 Å². The van der Waals surface area contributed by atoms with Gasteiger partial charge in [0.2, 0.25) is 0 Å². The van der Waals surface area contributed by atoms with E-state index in [1.54, 1.807) is 30.3 Å². The molecule has 1 fully saturated rings. The van der Waals surface area contributed by atoms with Crippen LogP contribution in [0.2, 0.25) is 0 Å². The number of methoxy groups -OCH3 is 2. The van der Waals surface area contributed by atoms with Crippen molar-refractivity contribution in [2.45, 2.75) is 30.6 Å². The Balaban J connectivity index is 2.33. The molecule has 0 aromatic heterocycles. The number of nitrogens with one attached hydrogen (secondary N) is 1. The van der Waals surface area contributed by atoms with E-state index in [1.807, 2.05) is 0 Å². The highest BCUT2D eigenvalue weighted by atomic mass is 32.2. The lowest BCUT2D eigenvalue weighted by Crippen LogP contribution is -2.65. The van der Waals surface area contributed by atoms with Crippen molar-refractivity contribution in [2.75, 3.05) is 27.0 Å². The van der Waals surface area contributed by atoms with E-state index >= 15 is 0 Å². The largest absolute Gasteiger partial charge is 0.376 e. The molecule has 2 rings (SSSR count). The maximum atomic E-state index is 12.6. The summed E-state index contributed by atoms with van der Waals surface area (Å²) in [5.41, 5.74) is 8.98. The minimum Gasteiger partial charge on any atom is -0.376 e. The highest BCUT2D eigenvalue weighted by Gasteiger charge is 2.49. The third kappa shape index (κ3) is 5.64. The summed E-state index contributed by atoms with van der Waals surface area (Å²) >= 11 is 0.